The van der Waals surface area contributed by atoms with Gasteiger partial charge in [-0.3, -0.25) is 14.5 Å². The first-order chi connectivity index (χ1) is 11.4. The van der Waals surface area contributed by atoms with E-state index in [4.69, 9.17) is 0 Å². The van der Waals surface area contributed by atoms with Crippen molar-refractivity contribution >= 4 is 11.8 Å². The third kappa shape index (κ3) is 4.77. The van der Waals surface area contributed by atoms with E-state index in [0.29, 0.717) is 13.1 Å². The lowest BCUT2D eigenvalue weighted by molar-refractivity contribution is -0.128. The number of benzene rings is 1. The predicted octanol–water partition coefficient (Wildman–Crippen LogP) is 1.95. The predicted molar refractivity (Wildman–Crippen MR) is 90.9 cm³/mol. The lowest BCUT2D eigenvalue weighted by Crippen LogP contribution is -2.47. The largest absolute Gasteiger partial charge is 0.348 e. The van der Waals surface area contributed by atoms with Gasteiger partial charge in [0.2, 0.25) is 11.8 Å². The number of hydrogen-bond acceptors (Lipinski definition) is 3. The highest BCUT2D eigenvalue weighted by atomic mass is 19.1. The van der Waals surface area contributed by atoms with Gasteiger partial charge in [-0.2, -0.15) is 0 Å². The van der Waals surface area contributed by atoms with Crippen molar-refractivity contribution in [1.82, 2.24) is 15.1 Å². The average Bonchev–Trinajstić information content (AvgIpc) is 2.80. The number of carbonyl (C=O) groups is 2. The Hall–Kier alpha value is -1.95. The summed E-state index contributed by atoms with van der Waals surface area (Å²) >= 11 is 0. The second-order valence-corrected chi connectivity index (χ2v) is 6.35. The second kappa shape index (κ2) is 8.24. The van der Waals surface area contributed by atoms with E-state index >= 15 is 0 Å². The number of nitrogens with zero attached hydrogens (tertiary/aromatic N) is 2. The standard InChI is InChI=1S/C18H26FN3O2/c1-13(16-5-7-17(19)8-6-16)20-18(24)14(2)21-9-4-10-22(12-11-21)15(3)23/h5-8,13-14H,4,9-12H2,1-3H3,(H,20,24)/t13-,14+/m0/s1. The monoisotopic (exact) mass is 335 g/mol. The molecule has 1 aliphatic heterocycles. The molecule has 2 rings (SSSR count). The summed E-state index contributed by atoms with van der Waals surface area (Å²) in [6.45, 7) is 8.24. The molecule has 1 N–H and O–H groups in total. The van der Waals surface area contributed by atoms with Gasteiger partial charge in [-0.05, 0) is 38.0 Å². The fourth-order valence-electron chi connectivity index (χ4n) is 2.97. The molecule has 6 heteroatoms. The second-order valence-electron chi connectivity index (χ2n) is 6.35. The van der Waals surface area contributed by atoms with Gasteiger partial charge >= 0.3 is 0 Å². The summed E-state index contributed by atoms with van der Waals surface area (Å²) in [5.41, 5.74) is 0.871. The normalized spacial score (nSPS) is 18.6. The fraction of sp³-hybridized carbons (Fsp3) is 0.556. The van der Waals surface area contributed by atoms with E-state index in [0.717, 1.165) is 25.1 Å². The third-order valence-corrected chi connectivity index (χ3v) is 4.63. The molecule has 0 bridgehead atoms. The Morgan fingerprint density at radius 2 is 1.75 bits per heavy atom. The summed E-state index contributed by atoms with van der Waals surface area (Å²) in [6.07, 6.45) is 0.866. The third-order valence-electron chi connectivity index (χ3n) is 4.63. The lowest BCUT2D eigenvalue weighted by atomic mass is 10.1. The zero-order chi connectivity index (χ0) is 17.7. The number of nitrogens with one attached hydrogen (secondary N) is 1. The van der Waals surface area contributed by atoms with Crippen molar-refractivity contribution in [2.24, 2.45) is 0 Å². The van der Waals surface area contributed by atoms with Gasteiger partial charge in [0.25, 0.3) is 0 Å². The van der Waals surface area contributed by atoms with Gasteiger partial charge in [0, 0.05) is 33.1 Å². The lowest BCUT2D eigenvalue weighted by Gasteiger charge is -2.28. The maximum absolute atomic E-state index is 13.0. The summed E-state index contributed by atoms with van der Waals surface area (Å²) in [5.74, 6) is -0.257. The number of carbonyl (C=O) groups excluding carboxylic acids is 2. The minimum absolute atomic E-state index is 0.0527. The summed E-state index contributed by atoms with van der Waals surface area (Å²) in [4.78, 5) is 27.9. The van der Waals surface area contributed by atoms with Crippen LogP contribution in [0.15, 0.2) is 24.3 Å². The van der Waals surface area contributed by atoms with Crippen LogP contribution in [-0.2, 0) is 9.59 Å². The topological polar surface area (TPSA) is 52.7 Å². The van der Waals surface area contributed by atoms with E-state index < -0.39 is 0 Å². The molecule has 5 nitrogen and oxygen atoms in total. The molecular weight excluding hydrogens is 309 g/mol. The molecule has 0 aromatic heterocycles. The minimum Gasteiger partial charge on any atom is -0.348 e. The van der Waals surface area contributed by atoms with Crippen LogP contribution >= 0.6 is 0 Å². The van der Waals surface area contributed by atoms with Gasteiger partial charge in [-0.15, -0.1) is 0 Å². The van der Waals surface area contributed by atoms with Gasteiger partial charge in [-0.25, -0.2) is 4.39 Å². The smallest absolute Gasteiger partial charge is 0.237 e. The molecule has 132 valence electrons. The van der Waals surface area contributed by atoms with Gasteiger partial charge in [0.1, 0.15) is 5.82 Å². The van der Waals surface area contributed by atoms with Crippen LogP contribution in [0.1, 0.15) is 38.8 Å². The summed E-state index contributed by atoms with van der Waals surface area (Å²) in [7, 11) is 0. The van der Waals surface area contributed by atoms with Crippen LogP contribution < -0.4 is 5.32 Å². The van der Waals surface area contributed by atoms with Gasteiger partial charge in [0.05, 0.1) is 12.1 Å². The summed E-state index contributed by atoms with van der Waals surface area (Å²) < 4.78 is 13.0. The molecule has 1 saturated heterocycles. The molecule has 1 aromatic rings. The van der Waals surface area contributed by atoms with Crippen LogP contribution in [-0.4, -0.2) is 53.8 Å². The highest BCUT2D eigenvalue weighted by Crippen LogP contribution is 2.14. The zero-order valence-electron chi connectivity index (χ0n) is 14.6. The molecule has 1 aliphatic rings. The Morgan fingerprint density at radius 3 is 2.38 bits per heavy atom. The van der Waals surface area contributed by atoms with Crippen molar-refractivity contribution in [2.75, 3.05) is 26.2 Å². The summed E-state index contributed by atoms with van der Waals surface area (Å²) in [6, 6.07) is 5.71. The number of amides is 2. The van der Waals surface area contributed by atoms with Crippen molar-refractivity contribution in [3.05, 3.63) is 35.6 Å². The average molecular weight is 335 g/mol. The van der Waals surface area contributed by atoms with Crippen molar-refractivity contribution in [2.45, 2.75) is 39.3 Å². The Kier molecular flexibility index (Phi) is 6.31. The Bertz CT molecular complexity index is 576. The molecule has 0 aliphatic carbocycles. The van der Waals surface area contributed by atoms with Crippen molar-refractivity contribution in [3.63, 3.8) is 0 Å². The van der Waals surface area contributed by atoms with E-state index in [1.807, 2.05) is 18.7 Å². The van der Waals surface area contributed by atoms with E-state index in [1.54, 1.807) is 19.1 Å². The SMILES string of the molecule is CC(=O)N1CCCN([C@H](C)C(=O)N[C@@H](C)c2ccc(F)cc2)CC1. The van der Waals surface area contributed by atoms with Crippen molar-refractivity contribution < 1.29 is 14.0 Å². The summed E-state index contributed by atoms with van der Waals surface area (Å²) in [5, 5.41) is 2.98. The van der Waals surface area contributed by atoms with Crippen LogP contribution in [0.3, 0.4) is 0 Å². The molecule has 0 saturated carbocycles. The Labute approximate surface area is 142 Å². The number of halogens is 1. The first-order valence-corrected chi connectivity index (χ1v) is 8.44. The molecule has 0 unspecified atom stereocenters. The first-order valence-electron chi connectivity index (χ1n) is 8.44. The Morgan fingerprint density at radius 1 is 1.08 bits per heavy atom. The van der Waals surface area contributed by atoms with Gasteiger partial charge in [-0.1, -0.05) is 12.1 Å². The Balaban J connectivity index is 1.91. The first kappa shape index (κ1) is 18.4. The van der Waals surface area contributed by atoms with Crippen molar-refractivity contribution in [3.8, 4) is 0 Å². The molecule has 1 aromatic carbocycles. The maximum Gasteiger partial charge on any atom is 0.237 e. The van der Waals surface area contributed by atoms with Crippen molar-refractivity contribution in [1.29, 1.82) is 0 Å². The molecule has 0 radical (unpaired) electrons. The fourth-order valence-corrected chi connectivity index (χ4v) is 2.97. The van der Waals surface area contributed by atoms with Crippen LogP contribution in [0.2, 0.25) is 0 Å². The van der Waals surface area contributed by atoms with Gasteiger partial charge in [0.15, 0.2) is 0 Å². The molecule has 1 heterocycles. The van der Waals surface area contributed by atoms with E-state index in [2.05, 4.69) is 10.2 Å². The van der Waals surface area contributed by atoms with E-state index in [9.17, 15) is 14.0 Å². The number of rotatable bonds is 4. The molecule has 24 heavy (non-hydrogen) atoms. The maximum atomic E-state index is 13.0. The van der Waals surface area contributed by atoms with E-state index in [1.165, 1.54) is 12.1 Å². The molecule has 1 fully saturated rings. The van der Waals surface area contributed by atoms with Gasteiger partial charge < -0.3 is 10.2 Å². The molecule has 2 amide bonds. The van der Waals surface area contributed by atoms with Crippen LogP contribution in [0.4, 0.5) is 4.39 Å². The molecule has 0 spiro atoms. The zero-order valence-corrected chi connectivity index (χ0v) is 14.6. The van der Waals surface area contributed by atoms with E-state index in [-0.39, 0.29) is 29.7 Å². The molecular formula is C18H26FN3O2. The minimum atomic E-state index is -0.287. The van der Waals surface area contributed by atoms with Crippen LogP contribution in [0.5, 0.6) is 0 Å². The number of hydrogen-bond donors (Lipinski definition) is 1. The van der Waals surface area contributed by atoms with Crippen LogP contribution in [0, 0.1) is 5.82 Å². The highest BCUT2D eigenvalue weighted by Gasteiger charge is 2.25. The quantitative estimate of drug-likeness (QED) is 0.915. The van der Waals surface area contributed by atoms with Crippen LogP contribution in [0.25, 0.3) is 0 Å². The highest BCUT2D eigenvalue weighted by molar-refractivity contribution is 5.81. The molecule has 2 atom stereocenters.